The van der Waals surface area contributed by atoms with Crippen molar-refractivity contribution in [3.05, 3.63) is 42.0 Å². The van der Waals surface area contributed by atoms with Gasteiger partial charge in [0.15, 0.2) is 5.76 Å². The molecule has 0 aromatic heterocycles. The Morgan fingerprint density at radius 3 is 2.04 bits per heavy atom. The molecule has 0 aliphatic carbocycles. The molecule has 0 N–H and O–H groups in total. The lowest BCUT2D eigenvalue weighted by Gasteiger charge is -2.36. The van der Waals surface area contributed by atoms with Gasteiger partial charge in [-0.15, -0.1) is 0 Å². The highest BCUT2D eigenvalue weighted by atomic mass is 16.5. The van der Waals surface area contributed by atoms with E-state index in [-0.39, 0.29) is 5.76 Å². The quantitative estimate of drug-likeness (QED) is 0.560. The average Bonchev–Trinajstić information content (AvgIpc) is 2.67. The minimum Gasteiger partial charge on any atom is -0.858 e. The van der Waals surface area contributed by atoms with Gasteiger partial charge in [0.1, 0.15) is 5.75 Å². The highest BCUT2D eigenvalue weighted by Gasteiger charge is 2.25. The largest absolute Gasteiger partial charge is 0.858 e. The van der Waals surface area contributed by atoms with Gasteiger partial charge in [0.25, 0.3) is 5.91 Å². The molecule has 24 heavy (non-hydrogen) atoms. The zero-order chi connectivity index (χ0) is 16.8. The number of ether oxygens (including phenoxy) is 3. The van der Waals surface area contributed by atoms with Crippen molar-refractivity contribution in [1.82, 2.24) is 9.80 Å². The van der Waals surface area contributed by atoms with Crippen LogP contribution >= 0.6 is 0 Å². The predicted molar refractivity (Wildman–Crippen MR) is 83.9 cm³/mol. The molecule has 0 bridgehead atoms. The average molecular weight is 333 g/mol. The molecule has 7 heteroatoms. The summed E-state index contributed by atoms with van der Waals surface area (Å²) in [6.45, 7) is 3.69. The van der Waals surface area contributed by atoms with Crippen LogP contribution in [0.2, 0.25) is 0 Å². The SMILES string of the molecule is O=C(/C(Oc1ccccc1)=C(\[O-])N1CCOCC1)N1CCOCC1. The summed E-state index contributed by atoms with van der Waals surface area (Å²) in [5, 5.41) is 12.8. The number of amides is 1. The second-order valence-electron chi connectivity index (χ2n) is 5.55. The van der Waals surface area contributed by atoms with Crippen LogP contribution in [-0.2, 0) is 14.3 Å². The summed E-state index contributed by atoms with van der Waals surface area (Å²) in [6, 6.07) is 8.88. The predicted octanol–water partition coefficient (Wildman–Crippen LogP) is -0.214. The second kappa shape index (κ2) is 8.03. The molecule has 0 spiro atoms. The molecule has 2 saturated heterocycles. The van der Waals surface area contributed by atoms with E-state index < -0.39 is 11.8 Å². The summed E-state index contributed by atoms with van der Waals surface area (Å²) in [6.07, 6.45) is 0. The molecule has 0 unspecified atom stereocenters. The Morgan fingerprint density at radius 1 is 0.917 bits per heavy atom. The summed E-state index contributed by atoms with van der Waals surface area (Å²) in [5.41, 5.74) is 0. The van der Waals surface area contributed by atoms with E-state index in [1.54, 1.807) is 34.1 Å². The van der Waals surface area contributed by atoms with Crippen LogP contribution in [0, 0.1) is 0 Å². The van der Waals surface area contributed by atoms with E-state index in [1.807, 2.05) is 6.07 Å². The van der Waals surface area contributed by atoms with Gasteiger partial charge >= 0.3 is 0 Å². The molecule has 0 radical (unpaired) electrons. The van der Waals surface area contributed by atoms with Crippen molar-refractivity contribution in [2.75, 3.05) is 52.6 Å². The smallest absolute Gasteiger partial charge is 0.290 e. The Bertz CT molecular complexity index is 578. The fourth-order valence-corrected chi connectivity index (χ4v) is 2.61. The van der Waals surface area contributed by atoms with Crippen LogP contribution in [0.1, 0.15) is 0 Å². The van der Waals surface area contributed by atoms with E-state index in [0.717, 1.165) is 0 Å². The number of hydrogen-bond donors (Lipinski definition) is 0. The normalized spacial score (nSPS) is 19.7. The number of carbonyl (C=O) groups excluding carboxylic acids is 1. The van der Waals surface area contributed by atoms with Gasteiger partial charge in [-0.25, -0.2) is 0 Å². The van der Waals surface area contributed by atoms with Gasteiger partial charge < -0.3 is 29.1 Å². The van der Waals surface area contributed by atoms with E-state index in [4.69, 9.17) is 14.2 Å². The number of para-hydroxylation sites is 1. The van der Waals surface area contributed by atoms with Gasteiger partial charge in [0.2, 0.25) is 0 Å². The van der Waals surface area contributed by atoms with E-state index in [2.05, 4.69) is 0 Å². The topological polar surface area (TPSA) is 74.3 Å². The van der Waals surface area contributed by atoms with Crippen LogP contribution in [0.15, 0.2) is 42.0 Å². The molecule has 3 rings (SSSR count). The fourth-order valence-electron chi connectivity index (χ4n) is 2.61. The van der Waals surface area contributed by atoms with E-state index in [0.29, 0.717) is 58.4 Å². The van der Waals surface area contributed by atoms with Crippen molar-refractivity contribution in [2.24, 2.45) is 0 Å². The maximum absolute atomic E-state index is 12.8. The Morgan fingerprint density at radius 2 is 1.46 bits per heavy atom. The van der Waals surface area contributed by atoms with Crippen LogP contribution in [0.4, 0.5) is 0 Å². The Balaban J connectivity index is 1.85. The van der Waals surface area contributed by atoms with E-state index in [9.17, 15) is 9.90 Å². The maximum Gasteiger partial charge on any atom is 0.290 e. The Labute approximate surface area is 141 Å². The van der Waals surface area contributed by atoms with Crippen molar-refractivity contribution in [2.45, 2.75) is 0 Å². The minimum absolute atomic E-state index is 0.162. The Hall–Kier alpha value is -2.25. The molecule has 7 nitrogen and oxygen atoms in total. The summed E-state index contributed by atoms with van der Waals surface area (Å²) in [4.78, 5) is 16.0. The molecular formula is C17H21N2O5-. The van der Waals surface area contributed by atoms with Crippen LogP contribution in [-0.4, -0.2) is 68.3 Å². The highest BCUT2D eigenvalue weighted by molar-refractivity contribution is 5.92. The first-order chi connectivity index (χ1) is 11.8. The highest BCUT2D eigenvalue weighted by Crippen LogP contribution is 2.18. The second-order valence-corrected chi connectivity index (χ2v) is 5.55. The maximum atomic E-state index is 12.8. The summed E-state index contributed by atoms with van der Waals surface area (Å²) in [7, 11) is 0. The van der Waals surface area contributed by atoms with Crippen molar-refractivity contribution in [1.29, 1.82) is 0 Å². The lowest BCUT2D eigenvalue weighted by atomic mass is 10.3. The van der Waals surface area contributed by atoms with Gasteiger partial charge in [-0.1, -0.05) is 18.2 Å². The molecular weight excluding hydrogens is 312 g/mol. The van der Waals surface area contributed by atoms with Crippen LogP contribution < -0.4 is 9.84 Å². The molecule has 0 saturated carbocycles. The first kappa shape index (κ1) is 16.6. The number of benzene rings is 1. The number of carbonyl (C=O) groups is 1. The summed E-state index contributed by atoms with van der Waals surface area (Å²) < 4.78 is 16.2. The molecule has 1 aromatic rings. The van der Waals surface area contributed by atoms with Crippen molar-refractivity contribution in [3.63, 3.8) is 0 Å². The van der Waals surface area contributed by atoms with Gasteiger partial charge in [-0.05, 0) is 12.1 Å². The Kier molecular flexibility index (Phi) is 5.55. The lowest BCUT2D eigenvalue weighted by molar-refractivity contribution is -0.339. The molecule has 1 amide bonds. The number of rotatable bonds is 4. The summed E-state index contributed by atoms with van der Waals surface area (Å²) >= 11 is 0. The fraction of sp³-hybridized carbons (Fsp3) is 0.471. The molecule has 2 fully saturated rings. The molecule has 2 heterocycles. The molecule has 130 valence electrons. The summed E-state index contributed by atoms with van der Waals surface area (Å²) in [5.74, 6) is -0.474. The van der Waals surface area contributed by atoms with Crippen molar-refractivity contribution < 1.29 is 24.1 Å². The number of morpholine rings is 2. The molecule has 2 aliphatic heterocycles. The zero-order valence-corrected chi connectivity index (χ0v) is 13.5. The van der Waals surface area contributed by atoms with E-state index >= 15 is 0 Å². The third-order valence-electron chi connectivity index (χ3n) is 3.95. The zero-order valence-electron chi connectivity index (χ0n) is 13.5. The monoisotopic (exact) mass is 333 g/mol. The van der Waals surface area contributed by atoms with Crippen molar-refractivity contribution in [3.8, 4) is 5.75 Å². The minimum atomic E-state index is -0.390. The molecule has 2 aliphatic rings. The standard InChI is InChI=1S/C17H22N2O5/c20-16(18-6-10-22-11-7-18)15(24-14-4-2-1-3-5-14)17(21)19-8-12-23-13-9-19/h1-5,20H,6-13H2/p-1/b16-15+. The third-order valence-corrected chi connectivity index (χ3v) is 3.95. The van der Waals surface area contributed by atoms with Crippen LogP contribution in [0.5, 0.6) is 5.75 Å². The molecule has 0 atom stereocenters. The van der Waals surface area contributed by atoms with Crippen LogP contribution in [0.3, 0.4) is 0 Å². The van der Waals surface area contributed by atoms with E-state index in [1.165, 1.54) is 0 Å². The number of hydrogen-bond acceptors (Lipinski definition) is 6. The van der Waals surface area contributed by atoms with Crippen molar-refractivity contribution >= 4 is 5.91 Å². The van der Waals surface area contributed by atoms with Gasteiger partial charge in [-0.2, -0.15) is 0 Å². The van der Waals surface area contributed by atoms with Gasteiger partial charge in [0, 0.05) is 32.1 Å². The van der Waals surface area contributed by atoms with Gasteiger partial charge in [-0.3, -0.25) is 4.79 Å². The third kappa shape index (κ3) is 3.98. The first-order valence-corrected chi connectivity index (χ1v) is 8.09. The molecule has 1 aromatic carbocycles. The van der Waals surface area contributed by atoms with Crippen LogP contribution in [0.25, 0.3) is 0 Å². The number of nitrogens with zero attached hydrogens (tertiary/aromatic N) is 2. The van der Waals surface area contributed by atoms with Gasteiger partial charge in [0.05, 0.1) is 26.4 Å². The first-order valence-electron chi connectivity index (χ1n) is 8.09. The lowest BCUT2D eigenvalue weighted by Crippen LogP contribution is -2.46.